The van der Waals surface area contributed by atoms with Gasteiger partial charge < -0.3 is 10.8 Å². The van der Waals surface area contributed by atoms with Crippen LogP contribution in [0.4, 0.5) is 0 Å². The molecule has 0 aliphatic rings. The fourth-order valence-electron chi connectivity index (χ4n) is 1.51. The number of hydrogen-bond acceptors (Lipinski definition) is 5. The molecule has 0 amide bonds. The van der Waals surface area contributed by atoms with Crippen molar-refractivity contribution < 1.29 is 5.11 Å². The molecule has 0 bridgehead atoms. The molecule has 0 aliphatic heterocycles. The molecule has 0 radical (unpaired) electrons. The summed E-state index contributed by atoms with van der Waals surface area (Å²) in [5.41, 5.74) is 8.24. The van der Waals surface area contributed by atoms with Crippen molar-refractivity contribution in [3.63, 3.8) is 0 Å². The summed E-state index contributed by atoms with van der Waals surface area (Å²) in [6.07, 6.45) is 2.24. The average molecular weight is 219 g/mol. The number of aromatic nitrogens is 4. The lowest BCUT2D eigenvalue weighted by Crippen LogP contribution is -2.10. The molecule has 4 N–H and O–H groups in total. The minimum atomic E-state index is -1.09. The molecule has 0 spiro atoms. The van der Waals surface area contributed by atoms with Gasteiger partial charge in [0.05, 0.1) is 17.6 Å². The van der Waals surface area contributed by atoms with Crippen LogP contribution in [0, 0.1) is 13.8 Å². The normalized spacial score (nSPS) is 12.8. The summed E-state index contributed by atoms with van der Waals surface area (Å²) < 4.78 is 0. The number of nitrogens with two attached hydrogens (primary N) is 1. The Kier molecular flexibility index (Phi) is 2.67. The first-order valence-electron chi connectivity index (χ1n) is 4.87. The van der Waals surface area contributed by atoms with E-state index in [1.807, 2.05) is 13.8 Å². The predicted octanol–water partition coefficient (Wildman–Crippen LogP) is 0.433. The zero-order valence-corrected chi connectivity index (χ0v) is 9.10. The molecule has 0 unspecified atom stereocenters. The van der Waals surface area contributed by atoms with E-state index in [1.54, 1.807) is 12.4 Å². The maximum Gasteiger partial charge on any atom is 0.145 e. The Labute approximate surface area is 92.6 Å². The van der Waals surface area contributed by atoms with Crippen molar-refractivity contribution >= 4 is 0 Å². The fourth-order valence-corrected chi connectivity index (χ4v) is 1.51. The van der Waals surface area contributed by atoms with Gasteiger partial charge in [-0.1, -0.05) is 0 Å². The number of nitrogens with zero attached hydrogens (tertiary/aromatic N) is 3. The molecule has 6 nitrogen and oxygen atoms in total. The second kappa shape index (κ2) is 3.99. The monoisotopic (exact) mass is 219 g/mol. The zero-order valence-electron chi connectivity index (χ0n) is 9.10. The molecule has 2 rings (SSSR count). The molecular weight excluding hydrogens is 206 g/mol. The molecule has 0 saturated heterocycles. The molecule has 2 heterocycles. The van der Waals surface area contributed by atoms with Gasteiger partial charge in [-0.2, -0.15) is 5.10 Å². The average Bonchev–Trinajstić information content (AvgIpc) is 2.70. The number of aromatic amines is 1. The number of aliphatic hydroxyl groups is 1. The van der Waals surface area contributed by atoms with Crippen LogP contribution < -0.4 is 5.73 Å². The summed E-state index contributed by atoms with van der Waals surface area (Å²) in [6, 6.07) is 0. The summed E-state index contributed by atoms with van der Waals surface area (Å²) in [4.78, 5) is 8.41. The van der Waals surface area contributed by atoms with Crippen LogP contribution in [-0.4, -0.2) is 25.3 Å². The van der Waals surface area contributed by atoms with E-state index in [0.717, 1.165) is 11.3 Å². The van der Waals surface area contributed by atoms with Gasteiger partial charge in [0, 0.05) is 11.8 Å². The Balaban J connectivity index is 2.58. The van der Waals surface area contributed by atoms with E-state index >= 15 is 0 Å². The number of nitrogens with one attached hydrogen (secondary N) is 1. The van der Waals surface area contributed by atoms with Crippen LogP contribution in [0.2, 0.25) is 0 Å². The first-order chi connectivity index (χ1) is 7.59. The number of H-pyrrole nitrogens is 1. The van der Waals surface area contributed by atoms with Crippen molar-refractivity contribution in [3.8, 4) is 11.3 Å². The highest BCUT2D eigenvalue weighted by atomic mass is 16.3. The Morgan fingerprint density at radius 1 is 1.38 bits per heavy atom. The summed E-state index contributed by atoms with van der Waals surface area (Å²) in [5.74, 6) is 0.666. The summed E-state index contributed by atoms with van der Waals surface area (Å²) in [5, 5.41) is 15.9. The van der Waals surface area contributed by atoms with Crippen molar-refractivity contribution in [2.24, 2.45) is 5.73 Å². The van der Waals surface area contributed by atoms with Crippen LogP contribution in [0.25, 0.3) is 11.3 Å². The van der Waals surface area contributed by atoms with Gasteiger partial charge in [0.15, 0.2) is 0 Å². The Bertz CT molecular complexity index is 506. The van der Waals surface area contributed by atoms with E-state index in [0.29, 0.717) is 17.1 Å². The van der Waals surface area contributed by atoms with Crippen LogP contribution >= 0.6 is 0 Å². The van der Waals surface area contributed by atoms with E-state index in [2.05, 4.69) is 20.2 Å². The van der Waals surface area contributed by atoms with Crippen LogP contribution in [0.15, 0.2) is 12.4 Å². The van der Waals surface area contributed by atoms with E-state index in [-0.39, 0.29) is 0 Å². The lowest BCUT2D eigenvalue weighted by molar-refractivity contribution is 0.182. The summed E-state index contributed by atoms with van der Waals surface area (Å²) in [7, 11) is 0. The standard InChI is InChI=1S/C10H13N5O/c1-5-3-12-6(2)14-8(5)7-4-13-15-9(7)10(11)16/h3-4,10,16H,11H2,1-2H3,(H,13,15)/t10-/m1/s1. The first-order valence-corrected chi connectivity index (χ1v) is 4.87. The summed E-state index contributed by atoms with van der Waals surface area (Å²) >= 11 is 0. The molecular formula is C10H13N5O. The molecule has 0 saturated carbocycles. The molecule has 84 valence electrons. The van der Waals surface area contributed by atoms with Gasteiger partial charge >= 0.3 is 0 Å². The molecule has 1 atom stereocenters. The maximum absolute atomic E-state index is 9.38. The topological polar surface area (TPSA) is 101 Å². The number of hydrogen-bond donors (Lipinski definition) is 3. The van der Waals surface area contributed by atoms with Gasteiger partial charge in [0.1, 0.15) is 12.1 Å². The second-order valence-electron chi connectivity index (χ2n) is 3.59. The third kappa shape index (κ3) is 1.80. The van der Waals surface area contributed by atoms with Gasteiger partial charge in [-0.15, -0.1) is 0 Å². The lowest BCUT2D eigenvalue weighted by Gasteiger charge is -2.07. The van der Waals surface area contributed by atoms with Gasteiger partial charge in [0.2, 0.25) is 0 Å². The highest BCUT2D eigenvalue weighted by Gasteiger charge is 2.15. The van der Waals surface area contributed by atoms with E-state index in [4.69, 9.17) is 5.73 Å². The molecule has 0 aromatic carbocycles. The first kappa shape index (κ1) is 10.7. The molecule has 2 aromatic heterocycles. The van der Waals surface area contributed by atoms with Gasteiger partial charge in [-0.25, -0.2) is 9.97 Å². The van der Waals surface area contributed by atoms with E-state index in [9.17, 15) is 5.11 Å². The third-order valence-electron chi connectivity index (χ3n) is 2.31. The molecule has 0 fully saturated rings. The molecule has 16 heavy (non-hydrogen) atoms. The molecule has 6 heteroatoms. The van der Waals surface area contributed by atoms with Crippen molar-refractivity contribution in [2.45, 2.75) is 20.1 Å². The SMILES string of the molecule is Cc1ncc(C)c(-c2cn[nH]c2[C@H](N)O)n1. The fraction of sp³-hybridized carbons (Fsp3) is 0.300. The van der Waals surface area contributed by atoms with Crippen LogP contribution in [0.1, 0.15) is 23.3 Å². The van der Waals surface area contributed by atoms with Gasteiger partial charge in [0.25, 0.3) is 0 Å². The quantitative estimate of drug-likeness (QED) is 0.636. The molecule has 0 aliphatic carbocycles. The predicted molar refractivity (Wildman–Crippen MR) is 58.2 cm³/mol. The lowest BCUT2D eigenvalue weighted by atomic mass is 10.1. The van der Waals surface area contributed by atoms with Crippen LogP contribution in [0.3, 0.4) is 0 Å². The van der Waals surface area contributed by atoms with Crippen LogP contribution in [0.5, 0.6) is 0 Å². The minimum Gasteiger partial charge on any atom is -0.373 e. The van der Waals surface area contributed by atoms with E-state index < -0.39 is 6.23 Å². The third-order valence-corrected chi connectivity index (χ3v) is 2.31. The van der Waals surface area contributed by atoms with Crippen molar-refractivity contribution in [1.82, 2.24) is 20.2 Å². The number of aliphatic hydroxyl groups excluding tert-OH is 1. The Morgan fingerprint density at radius 2 is 2.12 bits per heavy atom. The van der Waals surface area contributed by atoms with Crippen LogP contribution in [-0.2, 0) is 0 Å². The Morgan fingerprint density at radius 3 is 2.81 bits per heavy atom. The second-order valence-corrected chi connectivity index (χ2v) is 3.59. The van der Waals surface area contributed by atoms with Crippen molar-refractivity contribution in [3.05, 3.63) is 29.5 Å². The number of rotatable bonds is 2. The number of aryl methyl sites for hydroxylation is 2. The van der Waals surface area contributed by atoms with Crippen molar-refractivity contribution in [1.29, 1.82) is 0 Å². The highest BCUT2D eigenvalue weighted by Crippen LogP contribution is 2.25. The smallest absolute Gasteiger partial charge is 0.145 e. The maximum atomic E-state index is 9.38. The minimum absolute atomic E-state index is 0.459. The van der Waals surface area contributed by atoms with Crippen molar-refractivity contribution in [2.75, 3.05) is 0 Å². The van der Waals surface area contributed by atoms with Gasteiger partial charge in [-0.05, 0) is 19.4 Å². The van der Waals surface area contributed by atoms with E-state index in [1.165, 1.54) is 0 Å². The zero-order chi connectivity index (χ0) is 11.7. The highest BCUT2D eigenvalue weighted by molar-refractivity contribution is 5.64. The van der Waals surface area contributed by atoms with Gasteiger partial charge in [-0.3, -0.25) is 5.10 Å². The largest absolute Gasteiger partial charge is 0.373 e. The summed E-state index contributed by atoms with van der Waals surface area (Å²) in [6.45, 7) is 3.70. The Hall–Kier alpha value is -1.79. The molecule has 2 aromatic rings.